The van der Waals surface area contributed by atoms with E-state index >= 15 is 0 Å². The van der Waals surface area contributed by atoms with E-state index in [9.17, 15) is 9.59 Å². The zero-order valence-electron chi connectivity index (χ0n) is 10.8. The van der Waals surface area contributed by atoms with Crippen LogP contribution in [0, 0.1) is 0 Å². The van der Waals surface area contributed by atoms with E-state index in [4.69, 9.17) is 4.74 Å². The van der Waals surface area contributed by atoms with Crippen molar-refractivity contribution in [2.45, 2.75) is 38.3 Å². The minimum atomic E-state index is -0.284. The Bertz CT molecular complexity index is 506. The Balaban J connectivity index is 1.59. The van der Waals surface area contributed by atoms with Crippen molar-refractivity contribution in [3.05, 3.63) is 35.4 Å². The van der Waals surface area contributed by atoms with Crippen LogP contribution in [-0.2, 0) is 16.1 Å². The van der Waals surface area contributed by atoms with Gasteiger partial charge in [-0.25, -0.2) is 0 Å². The third-order valence-electron chi connectivity index (χ3n) is 3.82. The maximum atomic E-state index is 12.1. The first kappa shape index (κ1) is 12.2. The Morgan fingerprint density at radius 1 is 1.26 bits per heavy atom. The van der Waals surface area contributed by atoms with Crippen molar-refractivity contribution in [1.29, 1.82) is 0 Å². The zero-order valence-corrected chi connectivity index (χ0v) is 10.8. The third kappa shape index (κ3) is 2.48. The molecule has 1 aromatic rings. The lowest BCUT2D eigenvalue weighted by molar-refractivity contribution is -0.149. The van der Waals surface area contributed by atoms with E-state index < -0.39 is 0 Å². The summed E-state index contributed by atoms with van der Waals surface area (Å²) in [7, 11) is 0. The van der Waals surface area contributed by atoms with Crippen LogP contribution in [0.5, 0.6) is 0 Å². The van der Waals surface area contributed by atoms with Gasteiger partial charge in [0.05, 0.1) is 0 Å². The molecule has 0 radical (unpaired) electrons. The van der Waals surface area contributed by atoms with Gasteiger partial charge in [-0.3, -0.25) is 9.59 Å². The van der Waals surface area contributed by atoms with Gasteiger partial charge in [0.25, 0.3) is 5.91 Å². The quantitative estimate of drug-likeness (QED) is 0.781. The molecule has 1 amide bonds. The number of rotatable bonds is 3. The molecular formula is C15H17NO3. The summed E-state index contributed by atoms with van der Waals surface area (Å²) in [6, 6.07) is 7.49. The Morgan fingerprint density at radius 3 is 2.74 bits per heavy atom. The summed E-state index contributed by atoms with van der Waals surface area (Å²) in [4.78, 5) is 25.5. The molecule has 19 heavy (non-hydrogen) atoms. The highest BCUT2D eigenvalue weighted by molar-refractivity contribution is 5.99. The molecule has 2 aliphatic rings. The van der Waals surface area contributed by atoms with Crippen molar-refractivity contribution in [3.8, 4) is 0 Å². The predicted octanol–water partition coefficient (Wildman–Crippen LogP) is 2.13. The summed E-state index contributed by atoms with van der Waals surface area (Å²) >= 11 is 0. The number of benzene rings is 1. The Kier molecular flexibility index (Phi) is 3.23. The standard InChI is InChI=1S/C15H17NO3/c17-14(19-12-6-2-3-7-12)10-16-9-11-5-1-4-8-13(11)15(16)18/h1,4-5,8,12H,2-3,6-7,9-10H2. The molecule has 1 aliphatic carbocycles. The number of carbonyl (C=O) groups excluding carboxylic acids is 2. The van der Waals surface area contributed by atoms with Crippen LogP contribution in [0.4, 0.5) is 0 Å². The first-order chi connectivity index (χ1) is 9.24. The van der Waals surface area contributed by atoms with Crippen LogP contribution in [0.1, 0.15) is 41.6 Å². The molecule has 1 heterocycles. The maximum Gasteiger partial charge on any atom is 0.325 e. The molecular weight excluding hydrogens is 242 g/mol. The average molecular weight is 259 g/mol. The predicted molar refractivity (Wildman–Crippen MR) is 69.5 cm³/mol. The number of hydrogen-bond acceptors (Lipinski definition) is 3. The van der Waals surface area contributed by atoms with Gasteiger partial charge in [0.15, 0.2) is 0 Å². The van der Waals surface area contributed by atoms with E-state index in [1.165, 1.54) is 0 Å². The van der Waals surface area contributed by atoms with Gasteiger partial charge in [0, 0.05) is 12.1 Å². The minimum Gasteiger partial charge on any atom is -0.461 e. The molecule has 4 nitrogen and oxygen atoms in total. The highest BCUT2D eigenvalue weighted by Crippen LogP contribution is 2.23. The summed E-state index contributed by atoms with van der Waals surface area (Å²) < 4.78 is 5.39. The van der Waals surface area contributed by atoms with Crippen LogP contribution in [0.2, 0.25) is 0 Å². The third-order valence-corrected chi connectivity index (χ3v) is 3.82. The van der Waals surface area contributed by atoms with E-state index in [1.54, 1.807) is 11.0 Å². The SMILES string of the molecule is O=C(CN1Cc2ccccc2C1=O)OC1CCCC1. The molecule has 4 heteroatoms. The average Bonchev–Trinajstić information content (AvgIpc) is 3.00. The lowest BCUT2D eigenvalue weighted by atomic mass is 10.1. The Hall–Kier alpha value is -1.84. The number of fused-ring (bicyclic) bond motifs is 1. The second kappa shape index (κ2) is 5.03. The molecule has 0 spiro atoms. The summed E-state index contributed by atoms with van der Waals surface area (Å²) in [6.45, 7) is 0.568. The molecule has 1 aromatic carbocycles. The van der Waals surface area contributed by atoms with E-state index in [1.807, 2.05) is 18.2 Å². The molecule has 0 N–H and O–H groups in total. The fourth-order valence-corrected chi connectivity index (χ4v) is 2.83. The van der Waals surface area contributed by atoms with E-state index in [-0.39, 0.29) is 24.5 Å². The number of esters is 1. The Labute approximate surface area is 112 Å². The van der Waals surface area contributed by atoms with Crippen LogP contribution >= 0.6 is 0 Å². The van der Waals surface area contributed by atoms with Crippen molar-refractivity contribution < 1.29 is 14.3 Å². The highest BCUT2D eigenvalue weighted by Gasteiger charge is 2.29. The number of nitrogens with zero attached hydrogens (tertiary/aromatic N) is 1. The molecule has 3 rings (SSSR count). The second-order valence-corrected chi connectivity index (χ2v) is 5.21. The van der Waals surface area contributed by atoms with Crippen LogP contribution in [0.15, 0.2) is 24.3 Å². The number of hydrogen-bond donors (Lipinski definition) is 0. The molecule has 0 atom stereocenters. The van der Waals surface area contributed by atoms with Gasteiger partial charge in [0.1, 0.15) is 12.6 Å². The maximum absolute atomic E-state index is 12.1. The molecule has 0 saturated heterocycles. The molecule has 0 aromatic heterocycles. The summed E-state index contributed by atoms with van der Waals surface area (Å²) in [6.07, 6.45) is 4.24. The first-order valence-electron chi connectivity index (χ1n) is 6.81. The largest absolute Gasteiger partial charge is 0.461 e. The van der Waals surface area contributed by atoms with Crippen molar-refractivity contribution in [1.82, 2.24) is 4.90 Å². The smallest absolute Gasteiger partial charge is 0.325 e. The van der Waals surface area contributed by atoms with Crippen LogP contribution in [0.25, 0.3) is 0 Å². The number of ether oxygens (including phenoxy) is 1. The fourth-order valence-electron chi connectivity index (χ4n) is 2.83. The normalized spacial score (nSPS) is 18.7. The lowest BCUT2D eigenvalue weighted by Gasteiger charge is -2.17. The minimum absolute atomic E-state index is 0.0595. The lowest BCUT2D eigenvalue weighted by Crippen LogP contribution is -2.32. The molecule has 0 bridgehead atoms. The molecule has 1 saturated carbocycles. The van der Waals surface area contributed by atoms with Gasteiger partial charge in [0.2, 0.25) is 0 Å². The van der Waals surface area contributed by atoms with Gasteiger partial charge in [-0.2, -0.15) is 0 Å². The highest BCUT2D eigenvalue weighted by atomic mass is 16.5. The van der Waals surface area contributed by atoms with Crippen molar-refractivity contribution in [2.24, 2.45) is 0 Å². The van der Waals surface area contributed by atoms with Gasteiger partial charge >= 0.3 is 5.97 Å². The van der Waals surface area contributed by atoms with E-state index in [0.717, 1.165) is 31.2 Å². The number of carbonyl (C=O) groups is 2. The van der Waals surface area contributed by atoms with Crippen LogP contribution in [0.3, 0.4) is 0 Å². The fraction of sp³-hybridized carbons (Fsp3) is 0.467. The topological polar surface area (TPSA) is 46.6 Å². The number of amides is 1. The van der Waals surface area contributed by atoms with E-state index in [2.05, 4.69) is 0 Å². The Morgan fingerprint density at radius 2 is 2.00 bits per heavy atom. The molecule has 1 aliphatic heterocycles. The van der Waals surface area contributed by atoms with Crippen molar-refractivity contribution in [2.75, 3.05) is 6.54 Å². The summed E-state index contributed by atoms with van der Waals surface area (Å²) in [5.74, 6) is -0.355. The molecule has 0 unspecified atom stereocenters. The van der Waals surface area contributed by atoms with Crippen LogP contribution in [-0.4, -0.2) is 29.4 Å². The first-order valence-corrected chi connectivity index (χ1v) is 6.81. The molecule has 1 fully saturated rings. The van der Waals surface area contributed by atoms with Crippen molar-refractivity contribution in [3.63, 3.8) is 0 Å². The van der Waals surface area contributed by atoms with Gasteiger partial charge in [-0.05, 0) is 37.3 Å². The zero-order chi connectivity index (χ0) is 13.2. The van der Waals surface area contributed by atoms with Crippen molar-refractivity contribution >= 4 is 11.9 Å². The van der Waals surface area contributed by atoms with Gasteiger partial charge < -0.3 is 9.64 Å². The van der Waals surface area contributed by atoms with E-state index in [0.29, 0.717) is 12.1 Å². The second-order valence-electron chi connectivity index (χ2n) is 5.21. The summed E-state index contributed by atoms with van der Waals surface area (Å²) in [5.41, 5.74) is 1.69. The van der Waals surface area contributed by atoms with Crippen LogP contribution < -0.4 is 0 Å². The van der Waals surface area contributed by atoms with Gasteiger partial charge in [-0.1, -0.05) is 18.2 Å². The molecule has 100 valence electrons. The monoisotopic (exact) mass is 259 g/mol. The van der Waals surface area contributed by atoms with Gasteiger partial charge in [-0.15, -0.1) is 0 Å². The summed E-state index contributed by atoms with van der Waals surface area (Å²) in [5, 5.41) is 0.